The second-order valence-corrected chi connectivity index (χ2v) is 7.96. The molecule has 0 aliphatic carbocycles. The van der Waals surface area contributed by atoms with Crippen LogP contribution in [0.3, 0.4) is 0 Å². The molecule has 1 unspecified atom stereocenters. The van der Waals surface area contributed by atoms with E-state index in [0.717, 1.165) is 28.6 Å². The predicted molar refractivity (Wildman–Crippen MR) is 111 cm³/mol. The average molecular weight is 425 g/mol. The quantitative estimate of drug-likeness (QED) is 0.589. The number of aryl methyl sites for hydroxylation is 1. The van der Waals surface area contributed by atoms with Crippen LogP contribution in [0.4, 0.5) is 8.78 Å². The smallest absolute Gasteiger partial charge is 0.270 e. The molecule has 31 heavy (non-hydrogen) atoms. The molecule has 0 fully saturated rings. The number of ether oxygens (including phenoxy) is 1. The van der Waals surface area contributed by atoms with Gasteiger partial charge < -0.3 is 25.0 Å². The third-order valence-electron chi connectivity index (χ3n) is 6.07. The molecular weight excluding hydrogens is 404 g/mol. The maximum Gasteiger partial charge on any atom is 0.270 e. The van der Waals surface area contributed by atoms with Gasteiger partial charge in [0, 0.05) is 34.8 Å². The zero-order valence-corrected chi connectivity index (χ0v) is 17.0. The van der Waals surface area contributed by atoms with Crippen LogP contribution in [0.2, 0.25) is 0 Å². The molecule has 3 heterocycles. The fourth-order valence-electron chi connectivity index (χ4n) is 4.42. The number of hydrogen-bond donors (Lipinski definition) is 3. The van der Waals surface area contributed by atoms with Crippen LogP contribution in [0.25, 0.3) is 16.5 Å². The number of aromatic amines is 1. The third kappa shape index (κ3) is 3.10. The topological polar surface area (TPSA) is 77.6 Å². The number of likely N-dealkylation sites (N-methyl/N-ethyl adjacent to an activating group) is 1. The number of hydrogen-bond acceptors (Lipinski definition) is 4. The number of aliphatic hydroxyl groups excluding tert-OH is 1. The molecule has 0 radical (unpaired) electrons. The van der Waals surface area contributed by atoms with E-state index >= 15 is 0 Å². The van der Waals surface area contributed by atoms with E-state index in [2.05, 4.69) is 10.3 Å². The lowest BCUT2D eigenvalue weighted by molar-refractivity contribution is 0.0550. The second-order valence-electron chi connectivity index (χ2n) is 7.96. The number of nitrogens with zero attached hydrogens (tertiary/aromatic N) is 1. The molecular formula is C23H21F2N3O3. The van der Waals surface area contributed by atoms with Gasteiger partial charge in [-0.15, -0.1) is 0 Å². The van der Waals surface area contributed by atoms with E-state index in [9.17, 15) is 18.7 Å². The molecule has 1 aromatic heterocycles. The SMILES string of the molecule is Cc1cccc2[nH]c(C(=O)N(C)[C@@H]3COCC4=C3c3cc(F)c(F)cc3C(O)N4)cc12. The maximum atomic E-state index is 14.1. The number of carbonyl (C=O) groups is 1. The van der Waals surface area contributed by atoms with Crippen LogP contribution in [0.15, 0.2) is 42.1 Å². The largest absolute Gasteiger partial charge is 0.373 e. The Bertz CT molecular complexity index is 1250. The van der Waals surface area contributed by atoms with Crippen molar-refractivity contribution in [2.45, 2.75) is 19.2 Å². The minimum absolute atomic E-state index is 0.176. The van der Waals surface area contributed by atoms with Crippen LogP contribution < -0.4 is 5.32 Å². The molecule has 160 valence electrons. The first-order valence-corrected chi connectivity index (χ1v) is 9.95. The molecule has 0 bridgehead atoms. The number of rotatable bonds is 2. The zero-order chi connectivity index (χ0) is 21.9. The number of amides is 1. The lowest BCUT2D eigenvalue weighted by Gasteiger charge is -2.39. The summed E-state index contributed by atoms with van der Waals surface area (Å²) in [6.07, 6.45) is -1.19. The molecule has 0 saturated heterocycles. The molecule has 3 aromatic rings. The molecule has 2 aromatic carbocycles. The number of carbonyl (C=O) groups excluding carboxylic acids is 1. The summed E-state index contributed by atoms with van der Waals surface area (Å²) in [7, 11) is 1.65. The van der Waals surface area contributed by atoms with Crippen molar-refractivity contribution in [2.75, 3.05) is 20.3 Å². The zero-order valence-electron chi connectivity index (χ0n) is 17.0. The normalized spacial score (nSPS) is 20.3. The van der Waals surface area contributed by atoms with Crippen molar-refractivity contribution in [2.24, 2.45) is 0 Å². The summed E-state index contributed by atoms with van der Waals surface area (Å²) < 4.78 is 33.6. The summed E-state index contributed by atoms with van der Waals surface area (Å²) in [5.41, 5.74) is 4.12. The molecule has 0 saturated carbocycles. The van der Waals surface area contributed by atoms with E-state index in [1.807, 2.05) is 31.2 Å². The summed E-state index contributed by atoms with van der Waals surface area (Å²) >= 11 is 0. The van der Waals surface area contributed by atoms with E-state index in [1.165, 1.54) is 4.90 Å². The lowest BCUT2D eigenvalue weighted by Crippen LogP contribution is -2.47. The van der Waals surface area contributed by atoms with Gasteiger partial charge in [-0.1, -0.05) is 12.1 Å². The molecule has 0 spiro atoms. The van der Waals surface area contributed by atoms with Gasteiger partial charge in [0.1, 0.15) is 5.69 Å². The third-order valence-corrected chi connectivity index (χ3v) is 6.07. The van der Waals surface area contributed by atoms with Crippen molar-refractivity contribution in [3.63, 3.8) is 0 Å². The molecule has 2 aliphatic heterocycles. The highest BCUT2D eigenvalue weighted by Gasteiger charge is 2.37. The van der Waals surface area contributed by atoms with Crippen molar-refractivity contribution in [3.05, 3.63) is 76.1 Å². The Labute approximate surface area is 177 Å². The van der Waals surface area contributed by atoms with Crippen LogP contribution in [0.1, 0.15) is 33.4 Å². The minimum atomic E-state index is -1.19. The molecule has 2 aliphatic rings. The summed E-state index contributed by atoms with van der Waals surface area (Å²) in [6, 6.07) is 9.13. The number of halogens is 2. The van der Waals surface area contributed by atoms with Crippen LogP contribution in [0.5, 0.6) is 0 Å². The van der Waals surface area contributed by atoms with Gasteiger partial charge in [-0.3, -0.25) is 4.79 Å². The number of nitrogens with one attached hydrogen (secondary N) is 2. The van der Waals surface area contributed by atoms with Crippen LogP contribution in [0, 0.1) is 18.6 Å². The first-order chi connectivity index (χ1) is 14.8. The molecule has 6 nitrogen and oxygen atoms in total. The Morgan fingerprint density at radius 3 is 2.77 bits per heavy atom. The van der Waals surface area contributed by atoms with Crippen molar-refractivity contribution in [1.29, 1.82) is 0 Å². The number of benzene rings is 2. The molecule has 5 rings (SSSR count). The van der Waals surface area contributed by atoms with E-state index in [4.69, 9.17) is 4.74 Å². The fourth-order valence-corrected chi connectivity index (χ4v) is 4.42. The van der Waals surface area contributed by atoms with E-state index in [-0.39, 0.29) is 24.7 Å². The average Bonchev–Trinajstić information content (AvgIpc) is 3.19. The van der Waals surface area contributed by atoms with Gasteiger partial charge in [0.05, 0.1) is 19.3 Å². The van der Waals surface area contributed by atoms with Crippen LogP contribution in [-0.4, -0.2) is 47.2 Å². The number of aromatic nitrogens is 1. The highest BCUT2D eigenvalue weighted by Crippen LogP contribution is 2.38. The van der Waals surface area contributed by atoms with Crippen LogP contribution in [-0.2, 0) is 4.74 Å². The maximum absolute atomic E-state index is 14.1. The first kappa shape index (κ1) is 19.7. The van der Waals surface area contributed by atoms with Gasteiger partial charge in [-0.2, -0.15) is 0 Å². The van der Waals surface area contributed by atoms with Crippen molar-refractivity contribution in [3.8, 4) is 0 Å². The second kappa shape index (κ2) is 7.18. The van der Waals surface area contributed by atoms with Gasteiger partial charge in [-0.25, -0.2) is 8.78 Å². The van der Waals surface area contributed by atoms with Crippen molar-refractivity contribution < 1.29 is 23.4 Å². The van der Waals surface area contributed by atoms with Gasteiger partial charge >= 0.3 is 0 Å². The summed E-state index contributed by atoms with van der Waals surface area (Å²) in [4.78, 5) is 18.0. The van der Waals surface area contributed by atoms with Crippen LogP contribution >= 0.6 is 0 Å². The van der Waals surface area contributed by atoms with Gasteiger partial charge in [0.2, 0.25) is 0 Å². The van der Waals surface area contributed by atoms with E-state index < -0.39 is 23.9 Å². The predicted octanol–water partition coefficient (Wildman–Crippen LogP) is 3.23. The highest BCUT2D eigenvalue weighted by atomic mass is 19.2. The molecule has 2 atom stereocenters. The standard InChI is InChI=1S/C23H21F2N3O3/c1-11-4-3-5-17-12(11)8-18(26-17)23(30)28(2)20-10-31-9-19-21(20)13-6-15(24)16(25)7-14(13)22(29)27-19/h3-8,20,22,26-27,29H,9-10H2,1-2H3/t20-,22?/m1/s1. The van der Waals surface area contributed by atoms with Gasteiger partial charge in [0.15, 0.2) is 17.9 Å². The molecule has 3 N–H and O–H groups in total. The monoisotopic (exact) mass is 425 g/mol. The Morgan fingerprint density at radius 2 is 2.00 bits per heavy atom. The number of H-pyrrole nitrogens is 1. The van der Waals surface area contributed by atoms with Crippen molar-refractivity contribution in [1.82, 2.24) is 15.2 Å². The Morgan fingerprint density at radius 1 is 1.23 bits per heavy atom. The fraction of sp³-hybridized carbons (Fsp3) is 0.261. The highest BCUT2D eigenvalue weighted by molar-refractivity contribution is 5.99. The summed E-state index contributed by atoms with van der Waals surface area (Å²) in [6.45, 7) is 2.34. The Kier molecular flexibility index (Phi) is 4.56. The Balaban J connectivity index is 1.55. The summed E-state index contributed by atoms with van der Waals surface area (Å²) in [5.74, 6) is -2.30. The Hall–Kier alpha value is -3.23. The van der Waals surface area contributed by atoms with Crippen molar-refractivity contribution >= 4 is 22.4 Å². The first-order valence-electron chi connectivity index (χ1n) is 9.95. The number of aliphatic hydroxyl groups is 1. The molecule has 1 amide bonds. The van der Waals surface area contributed by atoms with Gasteiger partial charge in [-0.05, 0) is 42.3 Å². The molecule has 8 heteroatoms. The minimum Gasteiger partial charge on any atom is -0.373 e. The van der Waals surface area contributed by atoms with E-state index in [1.54, 1.807) is 7.05 Å². The number of fused-ring (bicyclic) bond motifs is 3. The lowest BCUT2D eigenvalue weighted by atomic mass is 9.87. The van der Waals surface area contributed by atoms with Gasteiger partial charge in [0.25, 0.3) is 5.91 Å². The summed E-state index contributed by atoms with van der Waals surface area (Å²) in [5, 5.41) is 14.2. The van der Waals surface area contributed by atoms with E-state index in [0.29, 0.717) is 22.5 Å².